The Bertz CT molecular complexity index is 609. The molecule has 0 aliphatic heterocycles. The summed E-state index contributed by atoms with van der Waals surface area (Å²) < 4.78 is 5.45. The molecule has 0 saturated heterocycles. The number of ether oxygens (including phenoxy) is 1. The molecular weight excluding hydrogens is 238 g/mol. The molecule has 100 valence electrons. The first-order valence-corrected chi connectivity index (χ1v) is 6.24. The minimum Gasteiger partial charge on any atom is -0.496 e. The van der Waals surface area contributed by atoms with Crippen LogP contribution in [0.1, 0.15) is 16.7 Å². The van der Waals surface area contributed by atoms with Crippen molar-refractivity contribution in [2.45, 2.75) is 20.8 Å². The van der Waals surface area contributed by atoms with E-state index in [1.807, 2.05) is 26.1 Å². The zero-order chi connectivity index (χ0) is 14.0. The highest BCUT2D eigenvalue weighted by molar-refractivity contribution is 5.70. The number of nitrogens with zero attached hydrogens (tertiary/aromatic N) is 2. The van der Waals surface area contributed by atoms with Gasteiger partial charge in [-0.3, -0.25) is 0 Å². The fraction of sp³-hybridized carbons (Fsp3) is 0.333. The number of hydrogen-bond donors (Lipinski definition) is 1. The molecule has 1 aromatic carbocycles. The summed E-state index contributed by atoms with van der Waals surface area (Å²) in [5, 5.41) is 11.5. The standard InChI is InChI=1S/C15H19N3O/c1-9-6-12(14(19-5)8-10(9)2)13-7-11(3)15(16-4)18-17-13/h6-8H,1-5H3,(H,16,18). The van der Waals surface area contributed by atoms with Gasteiger partial charge in [-0.05, 0) is 55.7 Å². The Balaban J connectivity index is 2.58. The van der Waals surface area contributed by atoms with Gasteiger partial charge >= 0.3 is 0 Å². The number of aromatic nitrogens is 2. The first-order chi connectivity index (χ1) is 9.06. The van der Waals surface area contributed by atoms with Crippen molar-refractivity contribution in [1.82, 2.24) is 10.2 Å². The monoisotopic (exact) mass is 257 g/mol. The fourth-order valence-corrected chi connectivity index (χ4v) is 2.02. The van der Waals surface area contributed by atoms with Crippen LogP contribution in [0.25, 0.3) is 11.3 Å². The van der Waals surface area contributed by atoms with E-state index in [2.05, 4.69) is 35.4 Å². The smallest absolute Gasteiger partial charge is 0.151 e. The molecule has 0 saturated carbocycles. The van der Waals surface area contributed by atoms with Gasteiger partial charge < -0.3 is 10.1 Å². The minimum absolute atomic E-state index is 0.798. The third kappa shape index (κ3) is 2.52. The van der Waals surface area contributed by atoms with Crippen LogP contribution in [0.5, 0.6) is 5.75 Å². The minimum atomic E-state index is 0.798. The molecule has 0 radical (unpaired) electrons. The highest BCUT2D eigenvalue weighted by Gasteiger charge is 2.11. The SMILES string of the molecule is CNc1nnc(-c2cc(C)c(C)cc2OC)cc1C. The van der Waals surface area contributed by atoms with Gasteiger partial charge in [-0.2, -0.15) is 0 Å². The molecule has 0 fully saturated rings. The van der Waals surface area contributed by atoms with Gasteiger partial charge in [-0.25, -0.2) is 0 Å². The van der Waals surface area contributed by atoms with Crippen LogP contribution in [-0.2, 0) is 0 Å². The molecule has 1 aromatic heterocycles. The number of benzene rings is 1. The molecule has 0 unspecified atom stereocenters. The van der Waals surface area contributed by atoms with Crippen LogP contribution in [-0.4, -0.2) is 24.4 Å². The molecule has 0 amide bonds. The maximum absolute atomic E-state index is 5.45. The number of hydrogen-bond acceptors (Lipinski definition) is 4. The lowest BCUT2D eigenvalue weighted by atomic mass is 10.0. The predicted molar refractivity (Wildman–Crippen MR) is 77.8 cm³/mol. The average Bonchev–Trinajstić information content (AvgIpc) is 2.41. The van der Waals surface area contributed by atoms with E-state index in [1.165, 1.54) is 11.1 Å². The number of anilines is 1. The van der Waals surface area contributed by atoms with Gasteiger partial charge in [0.25, 0.3) is 0 Å². The Kier molecular flexibility index (Phi) is 3.69. The molecule has 4 nitrogen and oxygen atoms in total. The van der Waals surface area contributed by atoms with E-state index in [9.17, 15) is 0 Å². The first-order valence-electron chi connectivity index (χ1n) is 6.24. The van der Waals surface area contributed by atoms with E-state index in [1.54, 1.807) is 7.11 Å². The van der Waals surface area contributed by atoms with Crippen molar-refractivity contribution >= 4 is 5.82 Å². The van der Waals surface area contributed by atoms with Crippen molar-refractivity contribution in [3.8, 4) is 17.0 Å². The predicted octanol–water partition coefficient (Wildman–Crippen LogP) is 3.12. The van der Waals surface area contributed by atoms with Crippen LogP contribution < -0.4 is 10.1 Å². The Morgan fingerprint density at radius 2 is 1.63 bits per heavy atom. The second-order valence-electron chi connectivity index (χ2n) is 4.65. The maximum atomic E-state index is 5.45. The lowest BCUT2D eigenvalue weighted by molar-refractivity contribution is 0.416. The number of methoxy groups -OCH3 is 1. The van der Waals surface area contributed by atoms with Crippen LogP contribution in [0.2, 0.25) is 0 Å². The van der Waals surface area contributed by atoms with Crippen molar-refractivity contribution in [1.29, 1.82) is 0 Å². The summed E-state index contributed by atoms with van der Waals surface area (Å²) in [5.41, 5.74) is 5.29. The molecule has 19 heavy (non-hydrogen) atoms. The zero-order valence-corrected chi connectivity index (χ0v) is 12.0. The van der Waals surface area contributed by atoms with Crippen LogP contribution in [0.4, 0.5) is 5.82 Å². The van der Waals surface area contributed by atoms with E-state index in [0.29, 0.717) is 0 Å². The van der Waals surface area contributed by atoms with Gasteiger partial charge in [-0.15, -0.1) is 10.2 Å². The Hall–Kier alpha value is -2.10. The molecule has 4 heteroatoms. The third-order valence-corrected chi connectivity index (χ3v) is 3.31. The largest absolute Gasteiger partial charge is 0.496 e. The van der Waals surface area contributed by atoms with Crippen molar-refractivity contribution < 1.29 is 4.74 Å². The Morgan fingerprint density at radius 3 is 2.21 bits per heavy atom. The molecule has 1 N–H and O–H groups in total. The van der Waals surface area contributed by atoms with Crippen molar-refractivity contribution in [2.75, 3.05) is 19.5 Å². The number of rotatable bonds is 3. The van der Waals surface area contributed by atoms with Gasteiger partial charge in [0.15, 0.2) is 5.82 Å². The Morgan fingerprint density at radius 1 is 0.947 bits per heavy atom. The lowest BCUT2D eigenvalue weighted by Crippen LogP contribution is -2.00. The quantitative estimate of drug-likeness (QED) is 0.917. The summed E-state index contributed by atoms with van der Waals surface area (Å²) in [6.07, 6.45) is 0. The van der Waals surface area contributed by atoms with Gasteiger partial charge in [0.1, 0.15) is 5.75 Å². The highest BCUT2D eigenvalue weighted by atomic mass is 16.5. The van der Waals surface area contributed by atoms with Crippen LogP contribution in [0, 0.1) is 20.8 Å². The summed E-state index contributed by atoms with van der Waals surface area (Å²) in [5.74, 6) is 1.63. The highest BCUT2D eigenvalue weighted by Crippen LogP contribution is 2.32. The summed E-state index contributed by atoms with van der Waals surface area (Å²) in [4.78, 5) is 0. The molecule has 0 atom stereocenters. The summed E-state index contributed by atoms with van der Waals surface area (Å²) in [7, 11) is 3.52. The van der Waals surface area contributed by atoms with Gasteiger partial charge in [0.05, 0.1) is 12.8 Å². The van der Waals surface area contributed by atoms with E-state index in [4.69, 9.17) is 4.74 Å². The first kappa shape index (κ1) is 13.3. The summed E-state index contributed by atoms with van der Waals surface area (Å²) in [6.45, 7) is 6.17. The molecule has 0 aliphatic carbocycles. The molecule has 0 aliphatic rings. The van der Waals surface area contributed by atoms with Gasteiger partial charge in [0.2, 0.25) is 0 Å². The zero-order valence-electron chi connectivity index (χ0n) is 12.0. The topological polar surface area (TPSA) is 47.0 Å². The number of aryl methyl sites for hydroxylation is 3. The normalized spacial score (nSPS) is 10.4. The molecule has 1 heterocycles. The van der Waals surface area contributed by atoms with E-state index in [0.717, 1.165) is 28.4 Å². The molecule has 0 bridgehead atoms. The second kappa shape index (κ2) is 5.26. The van der Waals surface area contributed by atoms with Gasteiger partial charge in [0, 0.05) is 12.6 Å². The van der Waals surface area contributed by atoms with Crippen LogP contribution in [0.15, 0.2) is 18.2 Å². The van der Waals surface area contributed by atoms with E-state index in [-0.39, 0.29) is 0 Å². The second-order valence-corrected chi connectivity index (χ2v) is 4.65. The molecular formula is C15H19N3O. The molecule has 2 rings (SSSR count). The molecule has 0 spiro atoms. The van der Waals surface area contributed by atoms with Crippen molar-refractivity contribution in [3.63, 3.8) is 0 Å². The third-order valence-electron chi connectivity index (χ3n) is 3.31. The van der Waals surface area contributed by atoms with Crippen molar-refractivity contribution in [2.24, 2.45) is 0 Å². The summed E-state index contributed by atoms with van der Waals surface area (Å²) >= 11 is 0. The van der Waals surface area contributed by atoms with Gasteiger partial charge in [-0.1, -0.05) is 0 Å². The van der Waals surface area contributed by atoms with E-state index >= 15 is 0 Å². The molecule has 2 aromatic rings. The van der Waals surface area contributed by atoms with E-state index < -0.39 is 0 Å². The van der Waals surface area contributed by atoms with Crippen LogP contribution in [0.3, 0.4) is 0 Å². The van der Waals surface area contributed by atoms with Crippen LogP contribution >= 0.6 is 0 Å². The van der Waals surface area contributed by atoms with Crippen molar-refractivity contribution in [3.05, 3.63) is 34.9 Å². The fourth-order valence-electron chi connectivity index (χ4n) is 2.02. The summed E-state index contributed by atoms with van der Waals surface area (Å²) in [6, 6.07) is 6.15. The Labute approximate surface area is 113 Å². The maximum Gasteiger partial charge on any atom is 0.151 e. The number of nitrogens with one attached hydrogen (secondary N) is 1. The average molecular weight is 257 g/mol. The lowest BCUT2D eigenvalue weighted by Gasteiger charge is -2.12.